The third-order valence-electron chi connectivity index (χ3n) is 2.93. The summed E-state index contributed by atoms with van der Waals surface area (Å²) in [6, 6.07) is 18.4. The molecular formula is C15H18NOSi. The molecule has 0 saturated carbocycles. The summed E-state index contributed by atoms with van der Waals surface area (Å²) in [7, 11) is -0.890. The van der Waals surface area contributed by atoms with Crippen LogP contribution in [-0.4, -0.2) is 15.6 Å². The number of rotatable bonds is 5. The summed E-state index contributed by atoms with van der Waals surface area (Å²) in [5.41, 5.74) is 7.92. The summed E-state index contributed by atoms with van der Waals surface area (Å²) in [5.74, 6) is 0. The number of hydrogen-bond acceptors (Lipinski definition) is 2. The summed E-state index contributed by atoms with van der Waals surface area (Å²) in [6.07, 6.45) is 0.877. The van der Waals surface area contributed by atoms with Crippen LogP contribution in [0.25, 0.3) is 0 Å². The van der Waals surface area contributed by atoms with E-state index in [-0.39, 0.29) is 0 Å². The Morgan fingerprint density at radius 2 is 1.67 bits per heavy atom. The third kappa shape index (κ3) is 3.45. The van der Waals surface area contributed by atoms with Crippen LogP contribution in [0.4, 0.5) is 5.69 Å². The lowest BCUT2D eigenvalue weighted by Crippen LogP contribution is -2.30. The fourth-order valence-electron chi connectivity index (χ4n) is 1.83. The SMILES string of the molecule is C[Si](OCCc1ccccc1N)c1ccccc1. The molecule has 2 aromatic carbocycles. The number of hydrogen-bond donors (Lipinski definition) is 1. The normalized spacial score (nSPS) is 10.8. The molecule has 0 unspecified atom stereocenters. The molecule has 0 spiro atoms. The minimum Gasteiger partial charge on any atom is -0.412 e. The van der Waals surface area contributed by atoms with E-state index >= 15 is 0 Å². The quantitative estimate of drug-likeness (QED) is 0.658. The van der Waals surface area contributed by atoms with Gasteiger partial charge in [-0.2, -0.15) is 0 Å². The van der Waals surface area contributed by atoms with Gasteiger partial charge in [0.15, 0.2) is 0 Å². The van der Waals surface area contributed by atoms with Gasteiger partial charge in [0, 0.05) is 12.3 Å². The van der Waals surface area contributed by atoms with Gasteiger partial charge in [-0.15, -0.1) is 0 Å². The van der Waals surface area contributed by atoms with Crippen molar-refractivity contribution in [3.05, 3.63) is 60.2 Å². The van der Waals surface area contributed by atoms with Gasteiger partial charge in [0.25, 0.3) is 0 Å². The van der Waals surface area contributed by atoms with E-state index in [0.29, 0.717) is 0 Å². The van der Waals surface area contributed by atoms with Crippen LogP contribution in [0.15, 0.2) is 54.6 Å². The monoisotopic (exact) mass is 256 g/mol. The van der Waals surface area contributed by atoms with E-state index in [2.05, 4.69) is 36.9 Å². The van der Waals surface area contributed by atoms with Gasteiger partial charge in [-0.05, 0) is 29.8 Å². The fourth-order valence-corrected chi connectivity index (χ4v) is 3.07. The predicted molar refractivity (Wildman–Crippen MR) is 78.2 cm³/mol. The Hall–Kier alpha value is -1.58. The van der Waals surface area contributed by atoms with E-state index in [9.17, 15) is 0 Å². The maximum Gasteiger partial charge on any atom is 0.243 e. The maximum absolute atomic E-state index is 5.93. The van der Waals surface area contributed by atoms with Crippen molar-refractivity contribution in [3.8, 4) is 0 Å². The summed E-state index contributed by atoms with van der Waals surface area (Å²) in [6.45, 7) is 2.91. The zero-order valence-corrected chi connectivity index (χ0v) is 11.6. The highest BCUT2D eigenvalue weighted by molar-refractivity contribution is 6.66. The van der Waals surface area contributed by atoms with Crippen molar-refractivity contribution in [1.29, 1.82) is 0 Å². The molecule has 0 atom stereocenters. The highest BCUT2D eigenvalue weighted by Crippen LogP contribution is 2.11. The number of anilines is 1. The average Bonchev–Trinajstić information content (AvgIpc) is 2.42. The van der Waals surface area contributed by atoms with Crippen LogP contribution in [0.2, 0.25) is 6.55 Å². The van der Waals surface area contributed by atoms with Gasteiger partial charge >= 0.3 is 0 Å². The smallest absolute Gasteiger partial charge is 0.243 e. The van der Waals surface area contributed by atoms with Crippen LogP contribution in [0.5, 0.6) is 0 Å². The number of benzene rings is 2. The van der Waals surface area contributed by atoms with Crippen LogP contribution >= 0.6 is 0 Å². The Balaban J connectivity index is 1.84. The highest BCUT2D eigenvalue weighted by Gasteiger charge is 2.08. The topological polar surface area (TPSA) is 35.2 Å². The molecule has 3 heteroatoms. The van der Waals surface area contributed by atoms with Crippen molar-refractivity contribution >= 4 is 19.9 Å². The molecule has 0 aromatic heterocycles. The van der Waals surface area contributed by atoms with Crippen molar-refractivity contribution in [1.82, 2.24) is 0 Å². The van der Waals surface area contributed by atoms with E-state index in [1.54, 1.807) is 0 Å². The van der Waals surface area contributed by atoms with Gasteiger partial charge in [0.1, 0.15) is 0 Å². The summed E-state index contributed by atoms with van der Waals surface area (Å²) in [5, 5.41) is 1.31. The average molecular weight is 256 g/mol. The molecule has 0 bridgehead atoms. The van der Waals surface area contributed by atoms with Gasteiger partial charge in [-0.25, -0.2) is 0 Å². The van der Waals surface area contributed by atoms with Crippen LogP contribution in [0.1, 0.15) is 5.56 Å². The Labute approximate surface area is 110 Å². The molecule has 2 nitrogen and oxygen atoms in total. The molecule has 0 saturated heterocycles. The molecule has 2 N–H and O–H groups in total. The van der Waals surface area contributed by atoms with Crippen molar-refractivity contribution in [2.45, 2.75) is 13.0 Å². The van der Waals surface area contributed by atoms with E-state index in [1.165, 1.54) is 10.8 Å². The molecule has 2 rings (SSSR count). The second-order valence-corrected chi connectivity index (χ2v) is 6.20. The number of nitrogen functional groups attached to an aromatic ring is 1. The lowest BCUT2D eigenvalue weighted by atomic mass is 10.1. The zero-order chi connectivity index (χ0) is 12.8. The van der Waals surface area contributed by atoms with Crippen molar-refractivity contribution in [3.63, 3.8) is 0 Å². The van der Waals surface area contributed by atoms with Gasteiger partial charge in [-0.3, -0.25) is 0 Å². The van der Waals surface area contributed by atoms with Crippen LogP contribution < -0.4 is 10.9 Å². The Morgan fingerprint density at radius 3 is 2.39 bits per heavy atom. The Bertz CT molecular complexity index is 487. The molecule has 0 aliphatic heterocycles. The summed E-state index contributed by atoms with van der Waals surface area (Å²) >= 11 is 0. The number of para-hydroxylation sites is 1. The van der Waals surface area contributed by atoms with Gasteiger partial charge in [0.05, 0.1) is 0 Å². The van der Waals surface area contributed by atoms with Crippen LogP contribution in [0, 0.1) is 0 Å². The van der Waals surface area contributed by atoms with E-state index in [0.717, 1.165) is 18.7 Å². The van der Waals surface area contributed by atoms with Crippen molar-refractivity contribution in [2.75, 3.05) is 12.3 Å². The molecule has 1 radical (unpaired) electrons. The minimum atomic E-state index is -0.890. The molecule has 0 amide bonds. The first-order valence-corrected chi connectivity index (χ1v) is 8.03. The summed E-state index contributed by atoms with van der Waals surface area (Å²) in [4.78, 5) is 0. The molecule has 0 fully saturated rings. The molecular weight excluding hydrogens is 238 g/mol. The first-order valence-electron chi connectivity index (χ1n) is 6.12. The second-order valence-electron chi connectivity index (χ2n) is 4.22. The standard InChI is InChI=1S/C15H18NOSi/c1-18(14-8-3-2-4-9-14)17-12-11-13-7-5-6-10-15(13)16/h2-10H,11-12,16H2,1H3. The third-order valence-corrected chi connectivity index (χ3v) is 4.71. The first-order chi connectivity index (χ1) is 8.77. The lowest BCUT2D eigenvalue weighted by Gasteiger charge is -2.11. The second kappa shape index (κ2) is 6.38. The van der Waals surface area contributed by atoms with Crippen molar-refractivity contribution < 1.29 is 4.43 Å². The maximum atomic E-state index is 5.93. The van der Waals surface area contributed by atoms with E-state index in [1.807, 2.05) is 24.3 Å². The van der Waals surface area contributed by atoms with Crippen molar-refractivity contribution in [2.24, 2.45) is 0 Å². The Kier molecular flexibility index (Phi) is 4.56. The van der Waals surface area contributed by atoms with E-state index in [4.69, 9.17) is 10.2 Å². The molecule has 18 heavy (non-hydrogen) atoms. The molecule has 0 aliphatic carbocycles. The first kappa shape index (κ1) is 12.9. The van der Waals surface area contributed by atoms with Gasteiger partial charge < -0.3 is 10.2 Å². The molecule has 2 aromatic rings. The zero-order valence-electron chi connectivity index (χ0n) is 10.6. The Morgan fingerprint density at radius 1 is 1.00 bits per heavy atom. The van der Waals surface area contributed by atoms with Gasteiger partial charge in [0.2, 0.25) is 9.04 Å². The number of nitrogens with two attached hydrogens (primary N) is 1. The summed E-state index contributed by atoms with van der Waals surface area (Å²) < 4.78 is 5.93. The molecule has 0 aliphatic rings. The van der Waals surface area contributed by atoms with Crippen LogP contribution in [0.3, 0.4) is 0 Å². The van der Waals surface area contributed by atoms with E-state index < -0.39 is 9.04 Å². The van der Waals surface area contributed by atoms with Crippen LogP contribution in [-0.2, 0) is 10.8 Å². The highest BCUT2D eigenvalue weighted by atomic mass is 28.3. The fraction of sp³-hybridized carbons (Fsp3) is 0.200. The predicted octanol–water partition coefficient (Wildman–Crippen LogP) is 2.36. The van der Waals surface area contributed by atoms with Gasteiger partial charge in [-0.1, -0.05) is 48.5 Å². The molecule has 0 heterocycles. The minimum absolute atomic E-state index is 0.730. The lowest BCUT2D eigenvalue weighted by molar-refractivity contribution is 0.334. The largest absolute Gasteiger partial charge is 0.412 e. The molecule has 93 valence electrons.